The maximum atomic E-state index is 13.1. The van der Waals surface area contributed by atoms with Crippen LogP contribution in [0.3, 0.4) is 0 Å². The Morgan fingerprint density at radius 1 is 1.12 bits per heavy atom. The SMILES string of the molecule is CC(C)C(NC(=O)C1CCCN1C(=O)C(NC(=O)C(N)CCCN=C(N)N)C(C)O)C(=O)O. The number of aliphatic carboxylic acids is 1. The molecule has 1 heterocycles. The summed E-state index contributed by atoms with van der Waals surface area (Å²) in [7, 11) is 0. The second-order valence-electron chi connectivity index (χ2n) is 8.54. The van der Waals surface area contributed by atoms with Crippen molar-refractivity contribution in [2.45, 2.75) is 76.7 Å². The fraction of sp³-hybridized carbons (Fsp3) is 0.750. The summed E-state index contributed by atoms with van der Waals surface area (Å²) in [5.41, 5.74) is 16.4. The zero-order valence-electron chi connectivity index (χ0n) is 19.4. The minimum atomic E-state index is -1.31. The Hall–Kier alpha value is -2.93. The molecule has 0 aliphatic carbocycles. The highest BCUT2D eigenvalue weighted by Crippen LogP contribution is 2.20. The van der Waals surface area contributed by atoms with Gasteiger partial charge in [-0.15, -0.1) is 0 Å². The highest BCUT2D eigenvalue weighted by Gasteiger charge is 2.40. The first-order chi connectivity index (χ1) is 15.4. The van der Waals surface area contributed by atoms with Gasteiger partial charge < -0.3 is 42.9 Å². The van der Waals surface area contributed by atoms with Crippen LogP contribution in [-0.4, -0.2) is 88.1 Å². The smallest absolute Gasteiger partial charge is 0.326 e. The van der Waals surface area contributed by atoms with Gasteiger partial charge >= 0.3 is 5.97 Å². The number of nitrogens with one attached hydrogen (secondary N) is 2. The molecule has 10 N–H and O–H groups in total. The Morgan fingerprint density at radius 3 is 2.27 bits per heavy atom. The number of aliphatic hydroxyl groups is 1. The fourth-order valence-corrected chi connectivity index (χ4v) is 3.54. The summed E-state index contributed by atoms with van der Waals surface area (Å²) in [5, 5.41) is 24.4. The number of guanidine groups is 1. The lowest BCUT2D eigenvalue weighted by molar-refractivity contribution is -0.146. The van der Waals surface area contributed by atoms with Gasteiger partial charge in [-0.1, -0.05) is 13.8 Å². The number of nitrogens with zero attached hydrogens (tertiary/aromatic N) is 2. The molecular weight excluding hydrogens is 434 g/mol. The van der Waals surface area contributed by atoms with Crippen molar-refractivity contribution in [1.82, 2.24) is 15.5 Å². The second-order valence-corrected chi connectivity index (χ2v) is 8.54. The van der Waals surface area contributed by atoms with Crippen LogP contribution in [0.5, 0.6) is 0 Å². The van der Waals surface area contributed by atoms with E-state index in [-0.39, 0.29) is 24.8 Å². The van der Waals surface area contributed by atoms with Gasteiger partial charge in [-0.25, -0.2) is 4.79 Å². The number of rotatable bonds is 12. The summed E-state index contributed by atoms with van der Waals surface area (Å²) in [5.74, 6) is -3.45. The zero-order chi connectivity index (χ0) is 25.3. The highest BCUT2D eigenvalue weighted by molar-refractivity contribution is 5.94. The molecule has 0 saturated carbocycles. The van der Waals surface area contributed by atoms with Gasteiger partial charge in [-0.05, 0) is 38.5 Å². The number of carboxylic acid groups (broad SMARTS) is 1. The molecule has 1 aliphatic rings. The summed E-state index contributed by atoms with van der Waals surface area (Å²) >= 11 is 0. The molecule has 5 atom stereocenters. The molecule has 0 aromatic heterocycles. The van der Waals surface area contributed by atoms with E-state index < -0.39 is 54.0 Å². The van der Waals surface area contributed by atoms with Crippen molar-refractivity contribution >= 4 is 29.7 Å². The summed E-state index contributed by atoms with van der Waals surface area (Å²) < 4.78 is 0. The van der Waals surface area contributed by atoms with Gasteiger partial charge in [0.2, 0.25) is 17.7 Å². The van der Waals surface area contributed by atoms with E-state index in [4.69, 9.17) is 17.2 Å². The average Bonchev–Trinajstić information content (AvgIpc) is 3.21. The van der Waals surface area contributed by atoms with Crippen molar-refractivity contribution in [2.75, 3.05) is 13.1 Å². The molecule has 0 aromatic rings. The van der Waals surface area contributed by atoms with Crippen molar-refractivity contribution in [3.05, 3.63) is 0 Å². The molecule has 0 spiro atoms. The Labute approximate surface area is 193 Å². The number of amides is 3. The van der Waals surface area contributed by atoms with Gasteiger partial charge in [-0.3, -0.25) is 19.4 Å². The molecule has 0 aromatic carbocycles. The monoisotopic (exact) mass is 471 g/mol. The van der Waals surface area contributed by atoms with E-state index in [0.29, 0.717) is 25.8 Å². The number of likely N-dealkylation sites (tertiary alicyclic amines) is 1. The van der Waals surface area contributed by atoms with E-state index in [1.165, 1.54) is 11.8 Å². The first kappa shape index (κ1) is 28.1. The van der Waals surface area contributed by atoms with Crippen LogP contribution in [0.4, 0.5) is 0 Å². The minimum Gasteiger partial charge on any atom is -0.480 e. The molecule has 3 amide bonds. The Balaban J connectivity index is 2.83. The number of aliphatic hydroxyl groups excluding tert-OH is 1. The molecule has 13 nitrogen and oxygen atoms in total. The number of nitrogens with two attached hydrogens (primary N) is 3. The topological polar surface area (TPSA) is 226 Å². The first-order valence-electron chi connectivity index (χ1n) is 11.0. The quantitative estimate of drug-likeness (QED) is 0.0901. The third-order valence-corrected chi connectivity index (χ3v) is 5.42. The lowest BCUT2D eigenvalue weighted by Crippen LogP contribution is -2.59. The van der Waals surface area contributed by atoms with Crippen LogP contribution in [0.25, 0.3) is 0 Å². The molecule has 5 unspecified atom stereocenters. The van der Waals surface area contributed by atoms with Crippen molar-refractivity contribution in [2.24, 2.45) is 28.1 Å². The number of aliphatic imine (C=N–C) groups is 1. The van der Waals surface area contributed by atoms with Gasteiger partial charge in [0, 0.05) is 13.1 Å². The molecule has 33 heavy (non-hydrogen) atoms. The van der Waals surface area contributed by atoms with Crippen molar-refractivity contribution in [3.63, 3.8) is 0 Å². The van der Waals surface area contributed by atoms with Crippen LogP contribution >= 0.6 is 0 Å². The van der Waals surface area contributed by atoms with Gasteiger partial charge in [0.05, 0.1) is 12.1 Å². The van der Waals surface area contributed by atoms with E-state index in [1.54, 1.807) is 13.8 Å². The molecule has 1 fully saturated rings. The van der Waals surface area contributed by atoms with Crippen LogP contribution in [0, 0.1) is 5.92 Å². The number of carboxylic acids is 1. The van der Waals surface area contributed by atoms with Gasteiger partial charge in [0.15, 0.2) is 5.96 Å². The van der Waals surface area contributed by atoms with Gasteiger partial charge in [-0.2, -0.15) is 0 Å². The number of hydrogen-bond donors (Lipinski definition) is 7. The maximum absolute atomic E-state index is 13.1. The van der Waals surface area contributed by atoms with Crippen LogP contribution in [0.1, 0.15) is 46.5 Å². The van der Waals surface area contributed by atoms with Crippen LogP contribution in [0.15, 0.2) is 4.99 Å². The van der Waals surface area contributed by atoms with E-state index in [2.05, 4.69) is 15.6 Å². The van der Waals surface area contributed by atoms with Crippen LogP contribution in [0.2, 0.25) is 0 Å². The Kier molecular flexibility index (Phi) is 11.0. The predicted octanol–water partition coefficient (Wildman–Crippen LogP) is -2.55. The van der Waals surface area contributed by atoms with Gasteiger partial charge in [0.25, 0.3) is 0 Å². The molecule has 1 aliphatic heterocycles. The molecule has 1 rings (SSSR count). The predicted molar refractivity (Wildman–Crippen MR) is 121 cm³/mol. The first-order valence-corrected chi connectivity index (χ1v) is 11.0. The molecule has 13 heteroatoms. The molecule has 0 radical (unpaired) electrons. The third-order valence-electron chi connectivity index (χ3n) is 5.42. The largest absolute Gasteiger partial charge is 0.480 e. The number of carbonyl (C=O) groups excluding carboxylic acids is 3. The molecule has 1 saturated heterocycles. The lowest BCUT2D eigenvalue weighted by Gasteiger charge is -2.31. The number of hydrogen-bond acceptors (Lipinski definition) is 7. The van der Waals surface area contributed by atoms with Crippen molar-refractivity contribution in [1.29, 1.82) is 0 Å². The van der Waals surface area contributed by atoms with E-state index in [1.807, 2.05) is 0 Å². The summed E-state index contributed by atoms with van der Waals surface area (Å²) in [6.07, 6.45) is 0.307. The fourth-order valence-electron chi connectivity index (χ4n) is 3.54. The second kappa shape index (κ2) is 12.9. The minimum absolute atomic E-state index is 0.0694. The molecule has 188 valence electrons. The van der Waals surface area contributed by atoms with Crippen LogP contribution < -0.4 is 27.8 Å². The highest BCUT2D eigenvalue weighted by atomic mass is 16.4. The standard InChI is InChI=1S/C20H37N7O6/c1-10(2)14(19(32)33)25-17(30)13-7-5-9-27(13)18(31)15(11(3)28)26-16(29)12(21)6-4-8-24-20(22)23/h10-15,28H,4-9,21H2,1-3H3,(H,25,30)(H,26,29)(H,32,33)(H4,22,23,24). The summed E-state index contributed by atoms with van der Waals surface area (Å²) in [6, 6.07) is -4.26. The number of carbonyl (C=O) groups is 4. The normalized spacial score (nSPS) is 19.3. The third kappa shape index (κ3) is 8.50. The maximum Gasteiger partial charge on any atom is 0.326 e. The van der Waals surface area contributed by atoms with Gasteiger partial charge in [0.1, 0.15) is 18.1 Å². The molecular formula is C20H37N7O6. The summed E-state index contributed by atoms with van der Waals surface area (Å²) in [4.78, 5) is 54.8. The zero-order valence-corrected chi connectivity index (χ0v) is 19.4. The lowest BCUT2D eigenvalue weighted by atomic mass is 10.0. The summed E-state index contributed by atoms with van der Waals surface area (Å²) in [6.45, 7) is 5.20. The van der Waals surface area contributed by atoms with Crippen molar-refractivity contribution < 1.29 is 29.4 Å². The van der Waals surface area contributed by atoms with E-state index in [0.717, 1.165) is 0 Å². The Bertz CT molecular complexity index is 738. The Morgan fingerprint density at radius 2 is 1.76 bits per heavy atom. The van der Waals surface area contributed by atoms with E-state index >= 15 is 0 Å². The van der Waals surface area contributed by atoms with Crippen molar-refractivity contribution in [3.8, 4) is 0 Å². The van der Waals surface area contributed by atoms with E-state index in [9.17, 15) is 29.4 Å². The molecule has 0 bridgehead atoms. The average molecular weight is 472 g/mol. The van der Waals surface area contributed by atoms with Crippen LogP contribution in [-0.2, 0) is 19.2 Å².